The van der Waals surface area contributed by atoms with Crippen LogP contribution in [0.4, 0.5) is 0 Å². The predicted octanol–water partition coefficient (Wildman–Crippen LogP) is 3.01. The first kappa shape index (κ1) is 9.25. The Morgan fingerprint density at radius 1 is 1.29 bits per heavy atom. The molecular formula is C12H16N2. The van der Waals surface area contributed by atoms with Crippen LogP contribution in [0.25, 0.3) is 11.0 Å². The molecule has 0 N–H and O–H groups in total. The molecule has 0 aliphatic heterocycles. The SMILES string of the molecule is Cc1ccc2c(c1)nc(C(C)C)n2C. The van der Waals surface area contributed by atoms with Gasteiger partial charge in [-0.25, -0.2) is 4.98 Å². The fourth-order valence-electron chi connectivity index (χ4n) is 1.84. The Balaban J connectivity index is 2.73. The molecule has 2 rings (SSSR count). The van der Waals surface area contributed by atoms with Gasteiger partial charge in [-0.05, 0) is 24.6 Å². The second-order valence-electron chi connectivity index (χ2n) is 4.18. The second-order valence-corrected chi connectivity index (χ2v) is 4.18. The van der Waals surface area contributed by atoms with Gasteiger partial charge in [-0.2, -0.15) is 0 Å². The molecule has 74 valence electrons. The van der Waals surface area contributed by atoms with E-state index in [4.69, 9.17) is 0 Å². The molecule has 1 aromatic heterocycles. The summed E-state index contributed by atoms with van der Waals surface area (Å²) in [5.74, 6) is 1.64. The van der Waals surface area contributed by atoms with Gasteiger partial charge in [0.1, 0.15) is 5.82 Å². The fraction of sp³-hybridized carbons (Fsp3) is 0.417. The number of hydrogen-bond donors (Lipinski definition) is 0. The van der Waals surface area contributed by atoms with E-state index in [1.807, 2.05) is 0 Å². The molecule has 0 saturated heterocycles. The molecule has 0 atom stereocenters. The van der Waals surface area contributed by atoms with Crippen molar-refractivity contribution >= 4 is 11.0 Å². The Hall–Kier alpha value is -1.31. The van der Waals surface area contributed by atoms with Crippen molar-refractivity contribution in [2.24, 2.45) is 7.05 Å². The third-order valence-corrected chi connectivity index (χ3v) is 2.59. The summed E-state index contributed by atoms with van der Waals surface area (Å²) in [6.45, 7) is 6.45. The highest BCUT2D eigenvalue weighted by atomic mass is 15.1. The number of benzene rings is 1. The number of hydrogen-bond acceptors (Lipinski definition) is 1. The van der Waals surface area contributed by atoms with E-state index in [9.17, 15) is 0 Å². The topological polar surface area (TPSA) is 17.8 Å². The van der Waals surface area contributed by atoms with Gasteiger partial charge < -0.3 is 4.57 Å². The number of fused-ring (bicyclic) bond motifs is 1. The van der Waals surface area contributed by atoms with Crippen LogP contribution in [0.1, 0.15) is 31.2 Å². The lowest BCUT2D eigenvalue weighted by Gasteiger charge is -2.04. The van der Waals surface area contributed by atoms with Crippen molar-refractivity contribution in [1.29, 1.82) is 0 Å². The second kappa shape index (κ2) is 3.12. The third-order valence-electron chi connectivity index (χ3n) is 2.59. The third kappa shape index (κ3) is 1.31. The van der Waals surface area contributed by atoms with Crippen LogP contribution in [-0.2, 0) is 7.05 Å². The first-order chi connectivity index (χ1) is 6.59. The highest BCUT2D eigenvalue weighted by molar-refractivity contribution is 5.76. The number of nitrogens with zero attached hydrogens (tertiary/aromatic N) is 2. The van der Waals surface area contributed by atoms with Crippen LogP contribution in [0.2, 0.25) is 0 Å². The molecule has 0 aliphatic carbocycles. The number of aryl methyl sites for hydroxylation is 2. The summed E-state index contributed by atoms with van der Waals surface area (Å²) in [5.41, 5.74) is 3.60. The highest BCUT2D eigenvalue weighted by Crippen LogP contribution is 2.20. The molecule has 1 aromatic carbocycles. The van der Waals surface area contributed by atoms with Crippen LogP contribution >= 0.6 is 0 Å². The van der Waals surface area contributed by atoms with Crippen LogP contribution in [0.5, 0.6) is 0 Å². The van der Waals surface area contributed by atoms with Crippen LogP contribution in [-0.4, -0.2) is 9.55 Å². The van der Waals surface area contributed by atoms with Crippen LogP contribution in [0.3, 0.4) is 0 Å². The molecule has 0 saturated carbocycles. The minimum absolute atomic E-state index is 0.479. The van der Waals surface area contributed by atoms with Gasteiger partial charge in [0.05, 0.1) is 11.0 Å². The van der Waals surface area contributed by atoms with E-state index >= 15 is 0 Å². The molecule has 0 amide bonds. The predicted molar refractivity (Wildman–Crippen MR) is 59.5 cm³/mol. The minimum atomic E-state index is 0.479. The van der Waals surface area contributed by atoms with E-state index in [1.165, 1.54) is 11.1 Å². The summed E-state index contributed by atoms with van der Waals surface area (Å²) in [6, 6.07) is 6.42. The van der Waals surface area contributed by atoms with Gasteiger partial charge >= 0.3 is 0 Å². The van der Waals surface area contributed by atoms with Crippen molar-refractivity contribution in [3.63, 3.8) is 0 Å². The number of rotatable bonds is 1. The van der Waals surface area contributed by atoms with Crippen molar-refractivity contribution in [2.45, 2.75) is 26.7 Å². The van der Waals surface area contributed by atoms with E-state index in [0.29, 0.717) is 5.92 Å². The number of aromatic nitrogens is 2. The average Bonchev–Trinajstić information content (AvgIpc) is 2.43. The zero-order chi connectivity index (χ0) is 10.3. The summed E-state index contributed by atoms with van der Waals surface area (Å²) in [4.78, 5) is 4.64. The van der Waals surface area contributed by atoms with Gasteiger partial charge in [0.15, 0.2) is 0 Å². The van der Waals surface area contributed by atoms with Crippen LogP contribution in [0.15, 0.2) is 18.2 Å². The lowest BCUT2D eigenvalue weighted by molar-refractivity contribution is 0.722. The molecular weight excluding hydrogens is 172 g/mol. The Morgan fingerprint density at radius 2 is 2.00 bits per heavy atom. The van der Waals surface area contributed by atoms with Crippen molar-refractivity contribution in [1.82, 2.24) is 9.55 Å². The van der Waals surface area contributed by atoms with Gasteiger partial charge in [-0.1, -0.05) is 19.9 Å². The molecule has 2 heteroatoms. The van der Waals surface area contributed by atoms with E-state index in [2.05, 4.69) is 55.6 Å². The fourth-order valence-corrected chi connectivity index (χ4v) is 1.84. The van der Waals surface area contributed by atoms with Gasteiger partial charge in [-0.3, -0.25) is 0 Å². The molecule has 2 aromatic rings. The highest BCUT2D eigenvalue weighted by Gasteiger charge is 2.09. The van der Waals surface area contributed by atoms with E-state index in [0.717, 1.165) is 11.3 Å². The largest absolute Gasteiger partial charge is 0.331 e. The van der Waals surface area contributed by atoms with Crippen molar-refractivity contribution in [3.8, 4) is 0 Å². The Morgan fingerprint density at radius 3 is 2.64 bits per heavy atom. The monoisotopic (exact) mass is 188 g/mol. The van der Waals surface area contributed by atoms with Crippen molar-refractivity contribution in [2.75, 3.05) is 0 Å². The summed E-state index contributed by atoms with van der Waals surface area (Å²) in [6.07, 6.45) is 0. The molecule has 2 nitrogen and oxygen atoms in total. The van der Waals surface area contributed by atoms with Gasteiger partial charge in [0.2, 0.25) is 0 Å². The van der Waals surface area contributed by atoms with Gasteiger partial charge in [0, 0.05) is 13.0 Å². The Bertz CT molecular complexity index is 466. The van der Waals surface area contributed by atoms with Crippen LogP contribution in [0, 0.1) is 6.92 Å². The molecule has 0 radical (unpaired) electrons. The Kier molecular flexibility index (Phi) is 2.06. The van der Waals surface area contributed by atoms with Gasteiger partial charge in [-0.15, -0.1) is 0 Å². The minimum Gasteiger partial charge on any atom is -0.331 e. The lowest BCUT2D eigenvalue weighted by Crippen LogP contribution is -1.99. The normalized spacial score (nSPS) is 11.5. The van der Waals surface area contributed by atoms with Crippen molar-refractivity contribution < 1.29 is 0 Å². The van der Waals surface area contributed by atoms with E-state index < -0.39 is 0 Å². The van der Waals surface area contributed by atoms with Crippen molar-refractivity contribution in [3.05, 3.63) is 29.6 Å². The standard InChI is InChI=1S/C12H16N2/c1-8(2)12-13-10-7-9(3)5-6-11(10)14(12)4/h5-8H,1-4H3. The summed E-state index contributed by atoms with van der Waals surface area (Å²) >= 11 is 0. The lowest BCUT2D eigenvalue weighted by atomic mass is 10.2. The first-order valence-electron chi connectivity index (χ1n) is 5.02. The summed E-state index contributed by atoms with van der Waals surface area (Å²) in [7, 11) is 2.08. The average molecular weight is 188 g/mol. The maximum atomic E-state index is 4.64. The maximum Gasteiger partial charge on any atom is 0.112 e. The quantitative estimate of drug-likeness (QED) is 0.672. The van der Waals surface area contributed by atoms with Crippen LogP contribution < -0.4 is 0 Å². The molecule has 0 aliphatic rings. The molecule has 0 spiro atoms. The van der Waals surface area contributed by atoms with E-state index in [1.54, 1.807) is 0 Å². The zero-order valence-corrected chi connectivity index (χ0v) is 9.20. The van der Waals surface area contributed by atoms with E-state index in [-0.39, 0.29) is 0 Å². The molecule has 0 unspecified atom stereocenters. The number of imidazole rings is 1. The van der Waals surface area contributed by atoms with Gasteiger partial charge in [0.25, 0.3) is 0 Å². The summed E-state index contributed by atoms with van der Waals surface area (Å²) < 4.78 is 2.18. The summed E-state index contributed by atoms with van der Waals surface area (Å²) in [5, 5.41) is 0. The zero-order valence-electron chi connectivity index (χ0n) is 9.20. The molecule has 0 fully saturated rings. The Labute approximate surface area is 84.6 Å². The molecule has 14 heavy (non-hydrogen) atoms. The maximum absolute atomic E-state index is 4.64. The smallest absolute Gasteiger partial charge is 0.112 e. The first-order valence-corrected chi connectivity index (χ1v) is 5.02. The molecule has 1 heterocycles. The molecule has 0 bridgehead atoms.